The minimum absolute atomic E-state index is 0.0477. The lowest BCUT2D eigenvalue weighted by molar-refractivity contribution is -0.191. The first-order valence-electron chi connectivity index (χ1n) is 7.30. The Labute approximate surface area is 141 Å². The van der Waals surface area contributed by atoms with Gasteiger partial charge in [0.1, 0.15) is 17.2 Å². The van der Waals surface area contributed by atoms with Crippen LogP contribution in [0.4, 0.5) is 5.69 Å². The second-order valence-electron chi connectivity index (χ2n) is 5.26. The Bertz CT molecular complexity index is 579. The molecule has 0 bridgehead atoms. The number of carbonyl (C=O) groups is 1. The lowest BCUT2D eigenvalue weighted by atomic mass is 10.1. The molecule has 0 aliphatic heterocycles. The number of nitrogens with zero attached hydrogens (tertiary/aromatic N) is 1. The Morgan fingerprint density at radius 1 is 1.00 bits per heavy atom. The van der Waals surface area contributed by atoms with E-state index >= 15 is 0 Å². The minimum atomic E-state index is -0.401. The maximum Gasteiger partial charge on any atom is 0.373 e. The SMILES string of the molecule is COc1cc(N=C(C(=O)OC(C)C)C(C)C)cc(OC)c1.O=C=O. The molecule has 0 spiro atoms. The zero-order valence-corrected chi connectivity index (χ0v) is 14.8. The number of hydrogen-bond donors (Lipinski definition) is 0. The highest BCUT2D eigenvalue weighted by Gasteiger charge is 2.18. The maximum absolute atomic E-state index is 12.1. The molecule has 0 N–H and O–H groups in total. The van der Waals surface area contributed by atoms with Gasteiger partial charge in [-0.3, -0.25) is 0 Å². The molecule has 0 fully saturated rings. The third-order valence-electron chi connectivity index (χ3n) is 2.68. The quantitative estimate of drug-likeness (QED) is 0.585. The van der Waals surface area contributed by atoms with Gasteiger partial charge in [0.2, 0.25) is 0 Å². The molecule has 7 heteroatoms. The lowest BCUT2D eigenvalue weighted by Gasteiger charge is -2.13. The van der Waals surface area contributed by atoms with E-state index in [2.05, 4.69) is 4.99 Å². The predicted molar refractivity (Wildman–Crippen MR) is 87.7 cm³/mol. The van der Waals surface area contributed by atoms with Crippen LogP contribution in [0.2, 0.25) is 0 Å². The normalized spacial score (nSPS) is 10.6. The third-order valence-corrected chi connectivity index (χ3v) is 2.68. The average molecular weight is 337 g/mol. The number of esters is 1. The van der Waals surface area contributed by atoms with Gasteiger partial charge in [0.15, 0.2) is 0 Å². The molecule has 1 aromatic carbocycles. The molecule has 0 aromatic heterocycles. The number of rotatable bonds is 6. The molecule has 132 valence electrons. The van der Waals surface area contributed by atoms with Gasteiger partial charge >= 0.3 is 12.1 Å². The standard InChI is InChI=1S/C16H23NO4.CO2/c1-10(2)15(16(18)21-11(3)4)17-12-7-13(19-5)9-14(8-12)20-6;2-1-3/h7-11H,1-6H3;. The Morgan fingerprint density at radius 3 is 1.79 bits per heavy atom. The summed E-state index contributed by atoms with van der Waals surface area (Å²) in [5, 5.41) is 0. The highest BCUT2D eigenvalue weighted by Crippen LogP contribution is 2.28. The van der Waals surface area contributed by atoms with Crippen LogP contribution in [0.5, 0.6) is 11.5 Å². The van der Waals surface area contributed by atoms with Crippen LogP contribution in [0, 0.1) is 5.92 Å². The van der Waals surface area contributed by atoms with E-state index in [9.17, 15) is 4.79 Å². The van der Waals surface area contributed by atoms with Gasteiger partial charge in [0.05, 0.1) is 26.0 Å². The van der Waals surface area contributed by atoms with Gasteiger partial charge in [-0.2, -0.15) is 9.59 Å². The van der Waals surface area contributed by atoms with Gasteiger partial charge in [-0.15, -0.1) is 0 Å². The van der Waals surface area contributed by atoms with Gasteiger partial charge in [0.25, 0.3) is 0 Å². The molecule has 1 aromatic rings. The molecule has 0 heterocycles. The Hall–Kier alpha value is -2.66. The molecule has 24 heavy (non-hydrogen) atoms. The first-order chi connectivity index (χ1) is 11.3. The van der Waals surface area contributed by atoms with Crippen LogP contribution >= 0.6 is 0 Å². The van der Waals surface area contributed by atoms with Crippen molar-refractivity contribution in [1.29, 1.82) is 0 Å². The van der Waals surface area contributed by atoms with Crippen molar-refractivity contribution >= 4 is 23.5 Å². The smallest absolute Gasteiger partial charge is 0.373 e. The van der Waals surface area contributed by atoms with E-state index in [0.29, 0.717) is 22.9 Å². The van der Waals surface area contributed by atoms with Crippen LogP contribution in [-0.4, -0.2) is 38.2 Å². The van der Waals surface area contributed by atoms with Crippen molar-refractivity contribution in [1.82, 2.24) is 0 Å². The van der Waals surface area contributed by atoms with Gasteiger partial charge in [0, 0.05) is 24.1 Å². The van der Waals surface area contributed by atoms with Crippen LogP contribution in [0.1, 0.15) is 27.7 Å². The Kier molecular flexibility index (Phi) is 9.75. The summed E-state index contributed by atoms with van der Waals surface area (Å²) in [7, 11) is 3.14. The van der Waals surface area contributed by atoms with Gasteiger partial charge in [-0.25, -0.2) is 9.79 Å². The highest BCUT2D eigenvalue weighted by molar-refractivity contribution is 6.37. The highest BCUT2D eigenvalue weighted by atomic mass is 16.5. The summed E-state index contributed by atoms with van der Waals surface area (Å²) in [4.78, 5) is 32.8. The van der Waals surface area contributed by atoms with Crippen LogP contribution in [0.25, 0.3) is 0 Å². The van der Waals surface area contributed by atoms with Crippen molar-refractivity contribution in [3.05, 3.63) is 18.2 Å². The molecule has 1 rings (SSSR count). The predicted octanol–water partition coefficient (Wildman–Crippen LogP) is 2.80. The first-order valence-corrected chi connectivity index (χ1v) is 7.30. The Balaban J connectivity index is 0.00000163. The zero-order chi connectivity index (χ0) is 18.7. The summed E-state index contributed by atoms with van der Waals surface area (Å²) in [6, 6.07) is 5.24. The van der Waals surface area contributed by atoms with E-state index in [4.69, 9.17) is 23.8 Å². The molecule has 0 atom stereocenters. The Morgan fingerprint density at radius 2 is 1.46 bits per heavy atom. The fraction of sp³-hybridized carbons (Fsp3) is 0.471. The van der Waals surface area contributed by atoms with E-state index in [1.165, 1.54) is 0 Å². The molecular formula is C17H23NO6. The van der Waals surface area contributed by atoms with Gasteiger partial charge < -0.3 is 14.2 Å². The lowest BCUT2D eigenvalue weighted by Crippen LogP contribution is -2.25. The number of carbonyl (C=O) groups excluding carboxylic acids is 3. The van der Waals surface area contributed by atoms with Crippen LogP contribution in [-0.2, 0) is 19.1 Å². The van der Waals surface area contributed by atoms with Crippen molar-refractivity contribution in [3.63, 3.8) is 0 Å². The second-order valence-corrected chi connectivity index (χ2v) is 5.26. The van der Waals surface area contributed by atoms with Crippen molar-refractivity contribution in [3.8, 4) is 11.5 Å². The topological polar surface area (TPSA) is 91.3 Å². The minimum Gasteiger partial charge on any atom is -0.497 e. The zero-order valence-electron chi connectivity index (χ0n) is 14.8. The number of methoxy groups -OCH3 is 2. The average Bonchev–Trinajstić information content (AvgIpc) is 2.51. The largest absolute Gasteiger partial charge is 0.497 e. The van der Waals surface area contributed by atoms with Crippen LogP contribution in [0.15, 0.2) is 23.2 Å². The van der Waals surface area contributed by atoms with E-state index < -0.39 is 5.97 Å². The molecular weight excluding hydrogens is 314 g/mol. The third kappa shape index (κ3) is 7.56. The van der Waals surface area contributed by atoms with Crippen molar-refractivity contribution in [2.75, 3.05) is 14.2 Å². The fourth-order valence-corrected chi connectivity index (χ4v) is 1.68. The molecule has 0 saturated heterocycles. The molecule has 0 aliphatic carbocycles. The van der Waals surface area contributed by atoms with Gasteiger partial charge in [-0.1, -0.05) is 13.8 Å². The molecule has 0 unspecified atom stereocenters. The van der Waals surface area contributed by atoms with Crippen molar-refractivity contribution in [2.45, 2.75) is 33.8 Å². The maximum atomic E-state index is 12.1. The molecule has 0 saturated carbocycles. The molecule has 7 nitrogen and oxygen atoms in total. The summed E-state index contributed by atoms with van der Waals surface area (Å²) in [6.45, 7) is 7.42. The molecule has 0 aliphatic rings. The van der Waals surface area contributed by atoms with Crippen molar-refractivity contribution in [2.24, 2.45) is 10.9 Å². The summed E-state index contributed by atoms with van der Waals surface area (Å²) in [6.07, 6.45) is 0.0706. The molecule has 0 amide bonds. The first kappa shape index (κ1) is 21.3. The van der Waals surface area contributed by atoms with Gasteiger partial charge in [-0.05, 0) is 13.8 Å². The molecule has 0 radical (unpaired) electrons. The van der Waals surface area contributed by atoms with E-state index in [1.807, 2.05) is 27.7 Å². The second kappa shape index (κ2) is 11.0. The fourth-order valence-electron chi connectivity index (χ4n) is 1.68. The van der Waals surface area contributed by atoms with Crippen LogP contribution < -0.4 is 9.47 Å². The van der Waals surface area contributed by atoms with E-state index in [0.717, 1.165) is 0 Å². The monoisotopic (exact) mass is 337 g/mol. The van der Waals surface area contributed by atoms with Crippen LogP contribution in [0.3, 0.4) is 0 Å². The number of benzene rings is 1. The van der Waals surface area contributed by atoms with E-state index in [-0.39, 0.29) is 18.2 Å². The van der Waals surface area contributed by atoms with E-state index in [1.54, 1.807) is 32.4 Å². The number of aliphatic imine (C=N–C) groups is 1. The summed E-state index contributed by atoms with van der Waals surface area (Å²) in [5.41, 5.74) is 0.967. The summed E-state index contributed by atoms with van der Waals surface area (Å²) in [5.74, 6) is 0.789. The number of hydrogen-bond acceptors (Lipinski definition) is 7. The number of ether oxygens (including phenoxy) is 3. The summed E-state index contributed by atoms with van der Waals surface area (Å²) >= 11 is 0. The summed E-state index contributed by atoms with van der Waals surface area (Å²) < 4.78 is 15.6. The van der Waals surface area contributed by atoms with Crippen molar-refractivity contribution < 1.29 is 28.6 Å².